The van der Waals surface area contributed by atoms with E-state index in [2.05, 4.69) is 5.32 Å². The molecule has 2 rings (SSSR count). The Morgan fingerprint density at radius 3 is 2.62 bits per heavy atom. The third-order valence-corrected chi connectivity index (χ3v) is 3.26. The van der Waals surface area contributed by atoms with E-state index >= 15 is 0 Å². The zero-order chi connectivity index (χ0) is 15.2. The van der Waals surface area contributed by atoms with Crippen molar-refractivity contribution >= 4 is 5.91 Å². The molecule has 0 aliphatic carbocycles. The smallest absolute Gasteiger partial charge is 0.220 e. The van der Waals surface area contributed by atoms with Crippen molar-refractivity contribution in [2.45, 2.75) is 26.3 Å². The molecule has 2 aromatic rings. The van der Waals surface area contributed by atoms with Crippen LogP contribution in [0, 0.1) is 18.6 Å². The van der Waals surface area contributed by atoms with Crippen LogP contribution >= 0.6 is 0 Å². The van der Waals surface area contributed by atoms with Gasteiger partial charge in [0.2, 0.25) is 5.91 Å². The third-order valence-electron chi connectivity index (χ3n) is 3.26. The minimum atomic E-state index is -0.303. The quantitative estimate of drug-likeness (QED) is 0.896. The molecule has 0 atom stereocenters. The van der Waals surface area contributed by atoms with Gasteiger partial charge in [0.15, 0.2) is 0 Å². The lowest BCUT2D eigenvalue weighted by Gasteiger charge is -2.07. The number of benzene rings is 2. The first-order valence-corrected chi connectivity index (χ1v) is 6.81. The summed E-state index contributed by atoms with van der Waals surface area (Å²) in [5, 5.41) is 2.73. The molecule has 0 aliphatic rings. The molecule has 21 heavy (non-hydrogen) atoms. The summed E-state index contributed by atoms with van der Waals surface area (Å²) in [5.74, 6) is -0.718. The number of nitrogens with one attached hydrogen (secondary N) is 1. The first-order valence-electron chi connectivity index (χ1n) is 6.81. The van der Waals surface area contributed by atoms with Crippen LogP contribution in [0.5, 0.6) is 0 Å². The van der Waals surface area contributed by atoms with Gasteiger partial charge in [0.25, 0.3) is 0 Å². The van der Waals surface area contributed by atoms with Crippen molar-refractivity contribution in [2.24, 2.45) is 0 Å². The Labute approximate surface area is 122 Å². The number of halogens is 2. The number of carbonyl (C=O) groups is 1. The van der Waals surface area contributed by atoms with Gasteiger partial charge in [-0.15, -0.1) is 0 Å². The predicted octanol–water partition coefficient (Wildman–Crippen LogP) is 3.52. The van der Waals surface area contributed by atoms with E-state index < -0.39 is 0 Å². The molecule has 0 radical (unpaired) electrons. The predicted molar refractivity (Wildman–Crippen MR) is 77.7 cm³/mol. The summed E-state index contributed by atoms with van der Waals surface area (Å²) < 4.78 is 26.4. The summed E-state index contributed by atoms with van der Waals surface area (Å²) in [7, 11) is 0. The second-order valence-corrected chi connectivity index (χ2v) is 4.99. The molecule has 0 aliphatic heterocycles. The topological polar surface area (TPSA) is 29.1 Å². The lowest BCUT2D eigenvalue weighted by molar-refractivity contribution is -0.121. The molecule has 110 valence electrons. The Morgan fingerprint density at radius 2 is 1.90 bits per heavy atom. The fourth-order valence-corrected chi connectivity index (χ4v) is 1.99. The van der Waals surface area contributed by atoms with E-state index in [1.54, 1.807) is 31.2 Å². The van der Waals surface area contributed by atoms with Gasteiger partial charge in [-0.3, -0.25) is 4.79 Å². The minimum Gasteiger partial charge on any atom is -0.352 e. The molecule has 0 spiro atoms. The number of aryl methyl sites for hydroxylation is 2. The van der Waals surface area contributed by atoms with E-state index in [0.717, 1.165) is 11.1 Å². The van der Waals surface area contributed by atoms with Crippen molar-refractivity contribution in [3.05, 3.63) is 70.8 Å². The van der Waals surface area contributed by atoms with E-state index in [9.17, 15) is 13.6 Å². The highest BCUT2D eigenvalue weighted by Crippen LogP contribution is 2.09. The molecule has 2 aromatic carbocycles. The normalized spacial score (nSPS) is 10.4. The zero-order valence-corrected chi connectivity index (χ0v) is 11.8. The number of amides is 1. The molecule has 0 saturated carbocycles. The van der Waals surface area contributed by atoms with Crippen molar-refractivity contribution in [2.75, 3.05) is 0 Å². The summed E-state index contributed by atoms with van der Waals surface area (Å²) in [6.07, 6.45) is 0.754. The maximum Gasteiger partial charge on any atom is 0.220 e. The van der Waals surface area contributed by atoms with Gasteiger partial charge in [-0.25, -0.2) is 8.78 Å². The van der Waals surface area contributed by atoms with Crippen LogP contribution in [-0.2, 0) is 17.8 Å². The zero-order valence-electron chi connectivity index (χ0n) is 11.8. The minimum absolute atomic E-state index is 0.139. The van der Waals surface area contributed by atoms with Crippen LogP contribution in [0.1, 0.15) is 23.1 Å². The Kier molecular flexibility index (Phi) is 5.04. The number of carbonyl (C=O) groups excluding carboxylic acids is 1. The molecular formula is C17H17F2NO. The fourth-order valence-electron chi connectivity index (χ4n) is 1.99. The molecule has 0 unspecified atom stereocenters. The lowest BCUT2D eigenvalue weighted by Crippen LogP contribution is -2.23. The van der Waals surface area contributed by atoms with Crippen LogP contribution in [0.2, 0.25) is 0 Å². The lowest BCUT2D eigenvalue weighted by atomic mass is 10.1. The highest BCUT2D eigenvalue weighted by atomic mass is 19.1. The van der Waals surface area contributed by atoms with E-state index in [0.29, 0.717) is 18.5 Å². The van der Waals surface area contributed by atoms with Crippen LogP contribution < -0.4 is 5.32 Å². The first-order chi connectivity index (χ1) is 10.0. The SMILES string of the molecule is Cc1ccc(CNC(=O)CCc2cccc(F)c2)cc1F. The summed E-state index contributed by atoms with van der Waals surface area (Å²) in [6, 6.07) is 11.1. The van der Waals surface area contributed by atoms with Gasteiger partial charge in [-0.1, -0.05) is 24.3 Å². The van der Waals surface area contributed by atoms with Gasteiger partial charge < -0.3 is 5.32 Å². The fraction of sp³-hybridized carbons (Fsp3) is 0.235. The van der Waals surface area contributed by atoms with Crippen LogP contribution in [0.3, 0.4) is 0 Å². The van der Waals surface area contributed by atoms with Gasteiger partial charge in [0, 0.05) is 13.0 Å². The number of hydrogen-bond donors (Lipinski definition) is 1. The summed E-state index contributed by atoms with van der Waals surface area (Å²) >= 11 is 0. The molecule has 1 N–H and O–H groups in total. The van der Waals surface area contributed by atoms with E-state index in [1.165, 1.54) is 18.2 Å². The molecule has 2 nitrogen and oxygen atoms in total. The van der Waals surface area contributed by atoms with Crippen LogP contribution in [0.25, 0.3) is 0 Å². The molecule has 0 bridgehead atoms. The molecule has 0 saturated heterocycles. The Hall–Kier alpha value is -2.23. The average Bonchev–Trinajstić information content (AvgIpc) is 2.46. The third kappa shape index (κ3) is 4.67. The molecular weight excluding hydrogens is 272 g/mol. The highest BCUT2D eigenvalue weighted by Gasteiger charge is 2.04. The summed E-state index contributed by atoms with van der Waals surface area (Å²) in [4.78, 5) is 11.7. The standard InChI is InChI=1S/C17H17F2NO/c1-12-5-6-14(10-16(12)19)11-20-17(21)8-7-13-3-2-4-15(18)9-13/h2-6,9-10H,7-8,11H2,1H3,(H,20,21). The largest absolute Gasteiger partial charge is 0.352 e. The number of rotatable bonds is 5. The highest BCUT2D eigenvalue weighted by molar-refractivity contribution is 5.76. The monoisotopic (exact) mass is 289 g/mol. The van der Waals surface area contributed by atoms with Crippen molar-refractivity contribution in [1.82, 2.24) is 5.32 Å². The maximum atomic E-state index is 13.4. The van der Waals surface area contributed by atoms with Gasteiger partial charge in [0.1, 0.15) is 11.6 Å². The Balaban J connectivity index is 1.80. The van der Waals surface area contributed by atoms with Gasteiger partial charge >= 0.3 is 0 Å². The summed E-state index contributed by atoms with van der Waals surface area (Å²) in [6.45, 7) is 1.98. The van der Waals surface area contributed by atoms with E-state index in [1.807, 2.05) is 0 Å². The Morgan fingerprint density at radius 1 is 1.10 bits per heavy atom. The van der Waals surface area contributed by atoms with E-state index in [4.69, 9.17) is 0 Å². The second-order valence-electron chi connectivity index (χ2n) is 4.99. The van der Waals surface area contributed by atoms with Gasteiger partial charge in [-0.2, -0.15) is 0 Å². The van der Waals surface area contributed by atoms with Gasteiger partial charge in [-0.05, 0) is 48.2 Å². The molecule has 0 fully saturated rings. The molecule has 0 aromatic heterocycles. The van der Waals surface area contributed by atoms with E-state index in [-0.39, 0.29) is 24.0 Å². The maximum absolute atomic E-state index is 13.4. The molecule has 0 heterocycles. The number of hydrogen-bond acceptors (Lipinski definition) is 1. The van der Waals surface area contributed by atoms with Crippen molar-refractivity contribution < 1.29 is 13.6 Å². The van der Waals surface area contributed by atoms with Crippen LogP contribution in [0.4, 0.5) is 8.78 Å². The second kappa shape index (κ2) is 6.97. The average molecular weight is 289 g/mol. The first kappa shape index (κ1) is 15.2. The molecule has 4 heteroatoms. The Bertz CT molecular complexity index is 640. The van der Waals surface area contributed by atoms with Crippen molar-refractivity contribution in [1.29, 1.82) is 0 Å². The van der Waals surface area contributed by atoms with Crippen LogP contribution in [0.15, 0.2) is 42.5 Å². The van der Waals surface area contributed by atoms with Crippen molar-refractivity contribution in [3.8, 4) is 0 Å². The summed E-state index contributed by atoms with van der Waals surface area (Å²) in [5.41, 5.74) is 2.08. The molecule has 1 amide bonds. The van der Waals surface area contributed by atoms with Crippen molar-refractivity contribution in [3.63, 3.8) is 0 Å². The van der Waals surface area contributed by atoms with Crippen LogP contribution in [-0.4, -0.2) is 5.91 Å². The van der Waals surface area contributed by atoms with Gasteiger partial charge in [0.05, 0.1) is 0 Å².